The molecule has 0 heterocycles. The summed E-state index contributed by atoms with van der Waals surface area (Å²) in [5.74, 6) is -1.53. The summed E-state index contributed by atoms with van der Waals surface area (Å²) in [5.41, 5.74) is 0.651. The van der Waals surface area contributed by atoms with Gasteiger partial charge in [-0.1, -0.05) is 29.8 Å². The zero-order valence-corrected chi connectivity index (χ0v) is 11.6. The number of hydrogen-bond acceptors (Lipinski definition) is 3. The van der Waals surface area contributed by atoms with Crippen molar-refractivity contribution in [3.8, 4) is 16.9 Å². The second-order valence-corrected chi connectivity index (χ2v) is 4.70. The van der Waals surface area contributed by atoms with Gasteiger partial charge in [-0.05, 0) is 18.2 Å². The number of ether oxygens (including phenoxy) is 1. The Kier molecular flexibility index (Phi) is 4.77. The molecular weight excluding hydrogens is 299 g/mol. The number of carbonyl (C=O) groups is 1. The van der Waals surface area contributed by atoms with Crippen molar-refractivity contribution >= 4 is 17.6 Å². The molecule has 0 aromatic heterocycles. The van der Waals surface area contributed by atoms with E-state index in [1.54, 1.807) is 6.07 Å². The largest absolute Gasteiger partial charge is 0.481 e. The molecule has 0 aliphatic heterocycles. The number of carboxylic acids is 1. The number of rotatable bonds is 5. The Morgan fingerprint density at radius 3 is 2.67 bits per heavy atom. The molecule has 2 rings (SSSR count). The second kappa shape index (κ2) is 6.56. The lowest BCUT2D eigenvalue weighted by atomic mass is 10.0. The summed E-state index contributed by atoms with van der Waals surface area (Å²) in [5, 5.41) is 18.1. The molecule has 2 aromatic carbocycles. The molecule has 21 heavy (non-hydrogen) atoms. The maximum atomic E-state index is 14.3. The third-order valence-electron chi connectivity index (χ3n) is 2.83. The van der Waals surface area contributed by atoms with Crippen LogP contribution in [0.4, 0.5) is 4.39 Å². The number of aliphatic hydroxyl groups is 1. The van der Waals surface area contributed by atoms with Crippen LogP contribution in [0.5, 0.6) is 5.75 Å². The first-order valence-electron chi connectivity index (χ1n) is 6.05. The van der Waals surface area contributed by atoms with Crippen molar-refractivity contribution in [1.82, 2.24) is 0 Å². The van der Waals surface area contributed by atoms with E-state index < -0.39 is 25.0 Å². The lowest BCUT2D eigenvalue weighted by Crippen LogP contribution is -2.10. The fourth-order valence-corrected chi connectivity index (χ4v) is 2.06. The van der Waals surface area contributed by atoms with Gasteiger partial charge in [-0.25, -0.2) is 9.18 Å². The summed E-state index contributed by atoms with van der Waals surface area (Å²) in [6.45, 7) is -0.985. The molecular formula is C15H12ClFO4. The maximum absolute atomic E-state index is 14.3. The molecule has 4 nitrogen and oxygen atoms in total. The number of benzene rings is 2. The third-order valence-corrected chi connectivity index (χ3v) is 3.07. The van der Waals surface area contributed by atoms with Crippen LogP contribution in [0.25, 0.3) is 11.1 Å². The van der Waals surface area contributed by atoms with Crippen LogP contribution in [-0.2, 0) is 11.4 Å². The molecule has 0 bridgehead atoms. The smallest absolute Gasteiger partial charge is 0.341 e. The van der Waals surface area contributed by atoms with Gasteiger partial charge in [0.25, 0.3) is 0 Å². The summed E-state index contributed by atoms with van der Waals surface area (Å²) in [6.07, 6.45) is 0. The van der Waals surface area contributed by atoms with Crippen molar-refractivity contribution in [2.75, 3.05) is 6.61 Å². The number of aliphatic carboxylic acids is 1. The lowest BCUT2D eigenvalue weighted by Gasteiger charge is -2.13. The Labute approximate surface area is 125 Å². The first kappa shape index (κ1) is 15.3. The molecule has 0 saturated carbocycles. The van der Waals surface area contributed by atoms with E-state index in [-0.39, 0.29) is 16.9 Å². The number of carboxylic acid groups (broad SMARTS) is 1. The molecule has 110 valence electrons. The predicted molar refractivity (Wildman–Crippen MR) is 75.9 cm³/mol. The van der Waals surface area contributed by atoms with Gasteiger partial charge in [0.15, 0.2) is 6.61 Å². The Bertz CT molecular complexity index is 673. The monoisotopic (exact) mass is 310 g/mol. The molecule has 2 N–H and O–H groups in total. The van der Waals surface area contributed by atoms with Crippen LogP contribution in [0.2, 0.25) is 5.02 Å². The van der Waals surface area contributed by atoms with E-state index in [2.05, 4.69) is 0 Å². The topological polar surface area (TPSA) is 66.8 Å². The highest BCUT2D eigenvalue weighted by atomic mass is 35.5. The summed E-state index contributed by atoms with van der Waals surface area (Å²) in [7, 11) is 0. The van der Waals surface area contributed by atoms with Gasteiger partial charge in [-0.3, -0.25) is 0 Å². The standard InChI is InChI=1S/C15H12ClFO4/c16-10-4-5-13(21-8-14(19)20)12(6-10)11-3-1-2-9(7-18)15(11)17/h1-6,18H,7-8H2,(H,19,20). The fraction of sp³-hybridized carbons (Fsp3) is 0.133. The Morgan fingerprint density at radius 1 is 1.24 bits per heavy atom. The van der Waals surface area contributed by atoms with E-state index in [0.717, 1.165) is 0 Å². The van der Waals surface area contributed by atoms with Crippen LogP contribution in [0, 0.1) is 5.82 Å². The van der Waals surface area contributed by atoms with Gasteiger partial charge in [0.2, 0.25) is 0 Å². The normalized spacial score (nSPS) is 10.4. The molecule has 6 heteroatoms. The van der Waals surface area contributed by atoms with Crippen LogP contribution >= 0.6 is 11.6 Å². The number of halogens is 2. The summed E-state index contributed by atoms with van der Waals surface area (Å²) >= 11 is 5.91. The van der Waals surface area contributed by atoms with Crippen LogP contribution in [-0.4, -0.2) is 22.8 Å². The van der Waals surface area contributed by atoms with E-state index in [4.69, 9.17) is 26.6 Å². The van der Waals surface area contributed by atoms with E-state index in [1.807, 2.05) is 0 Å². The minimum atomic E-state index is -1.14. The average molecular weight is 311 g/mol. The third kappa shape index (κ3) is 3.51. The van der Waals surface area contributed by atoms with Crippen molar-refractivity contribution in [3.63, 3.8) is 0 Å². The van der Waals surface area contributed by atoms with Gasteiger partial charge in [0, 0.05) is 21.7 Å². The Morgan fingerprint density at radius 2 is 2.00 bits per heavy atom. The quantitative estimate of drug-likeness (QED) is 0.890. The van der Waals surface area contributed by atoms with Crippen LogP contribution < -0.4 is 4.74 Å². The van der Waals surface area contributed by atoms with Crippen molar-refractivity contribution in [2.24, 2.45) is 0 Å². The number of hydrogen-bond donors (Lipinski definition) is 2. The molecule has 0 aliphatic carbocycles. The van der Waals surface area contributed by atoms with E-state index in [1.165, 1.54) is 30.3 Å². The van der Waals surface area contributed by atoms with Crippen LogP contribution in [0.15, 0.2) is 36.4 Å². The van der Waals surface area contributed by atoms with E-state index >= 15 is 0 Å². The highest BCUT2D eigenvalue weighted by molar-refractivity contribution is 6.31. The lowest BCUT2D eigenvalue weighted by molar-refractivity contribution is -0.139. The molecule has 0 radical (unpaired) electrons. The molecule has 0 saturated heterocycles. The van der Waals surface area contributed by atoms with Crippen molar-refractivity contribution in [1.29, 1.82) is 0 Å². The predicted octanol–water partition coefficient (Wildman–Crippen LogP) is 3.10. The van der Waals surface area contributed by atoms with Crippen molar-refractivity contribution in [3.05, 3.63) is 52.8 Å². The molecule has 0 fully saturated rings. The van der Waals surface area contributed by atoms with E-state index in [9.17, 15) is 9.18 Å². The summed E-state index contributed by atoms with van der Waals surface area (Å²) in [4.78, 5) is 10.6. The fourth-order valence-electron chi connectivity index (χ4n) is 1.89. The second-order valence-electron chi connectivity index (χ2n) is 4.26. The highest BCUT2D eigenvalue weighted by Crippen LogP contribution is 2.35. The van der Waals surface area contributed by atoms with Gasteiger partial charge in [0.05, 0.1) is 6.61 Å². The Hall–Kier alpha value is -2.11. The average Bonchev–Trinajstić information content (AvgIpc) is 2.46. The van der Waals surface area contributed by atoms with Gasteiger partial charge in [0.1, 0.15) is 11.6 Å². The molecule has 0 aliphatic rings. The molecule has 0 amide bonds. The van der Waals surface area contributed by atoms with Crippen molar-refractivity contribution in [2.45, 2.75) is 6.61 Å². The zero-order chi connectivity index (χ0) is 15.4. The van der Waals surface area contributed by atoms with Gasteiger partial charge in [-0.15, -0.1) is 0 Å². The minimum Gasteiger partial charge on any atom is -0.481 e. The maximum Gasteiger partial charge on any atom is 0.341 e. The van der Waals surface area contributed by atoms with Gasteiger partial charge >= 0.3 is 5.97 Å². The zero-order valence-electron chi connectivity index (χ0n) is 10.8. The number of aliphatic hydroxyl groups excluding tert-OH is 1. The summed E-state index contributed by atoms with van der Waals surface area (Å²) in [6, 6.07) is 9.04. The van der Waals surface area contributed by atoms with Crippen LogP contribution in [0.3, 0.4) is 0 Å². The minimum absolute atomic E-state index is 0.136. The summed E-state index contributed by atoms with van der Waals surface area (Å²) < 4.78 is 19.4. The first-order valence-corrected chi connectivity index (χ1v) is 6.43. The van der Waals surface area contributed by atoms with Crippen molar-refractivity contribution < 1.29 is 24.1 Å². The Balaban J connectivity index is 2.51. The molecule has 0 unspecified atom stereocenters. The highest BCUT2D eigenvalue weighted by Gasteiger charge is 2.15. The molecule has 0 atom stereocenters. The van der Waals surface area contributed by atoms with Gasteiger partial charge < -0.3 is 14.9 Å². The van der Waals surface area contributed by atoms with E-state index in [0.29, 0.717) is 10.6 Å². The SMILES string of the molecule is O=C(O)COc1ccc(Cl)cc1-c1cccc(CO)c1F. The van der Waals surface area contributed by atoms with Crippen LogP contribution in [0.1, 0.15) is 5.56 Å². The molecule has 2 aromatic rings. The molecule has 0 spiro atoms. The first-order chi connectivity index (χ1) is 10.0. The van der Waals surface area contributed by atoms with Gasteiger partial charge in [-0.2, -0.15) is 0 Å².